The number of ether oxygens (including phenoxy) is 2. The highest BCUT2D eigenvalue weighted by Crippen LogP contribution is 2.30. The molecule has 0 aliphatic heterocycles. The van der Waals surface area contributed by atoms with E-state index in [1.54, 1.807) is 20.8 Å². The van der Waals surface area contributed by atoms with Crippen LogP contribution in [0.25, 0.3) is 0 Å². The summed E-state index contributed by atoms with van der Waals surface area (Å²) in [5, 5.41) is 11.8. The van der Waals surface area contributed by atoms with Crippen molar-refractivity contribution in [3.8, 4) is 5.75 Å². The topological polar surface area (TPSA) is 84.9 Å². The van der Waals surface area contributed by atoms with E-state index in [-0.39, 0.29) is 6.42 Å². The van der Waals surface area contributed by atoms with Gasteiger partial charge >= 0.3 is 12.1 Å². The molecular weight excluding hydrogens is 310 g/mol. The van der Waals surface area contributed by atoms with E-state index in [0.29, 0.717) is 18.3 Å². The minimum atomic E-state index is -1.11. The fourth-order valence-corrected chi connectivity index (χ4v) is 2.18. The molecule has 24 heavy (non-hydrogen) atoms. The van der Waals surface area contributed by atoms with Crippen molar-refractivity contribution in [1.29, 1.82) is 0 Å². The number of para-hydroxylation sites is 1. The summed E-state index contributed by atoms with van der Waals surface area (Å²) in [4.78, 5) is 23.3. The lowest BCUT2D eigenvalue weighted by molar-refractivity contribution is -0.139. The third kappa shape index (κ3) is 6.10. The summed E-state index contributed by atoms with van der Waals surface area (Å²) in [6.07, 6.45) is 1.75. The van der Waals surface area contributed by atoms with Gasteiger partial charge in [0.1, 0.15) is 17.4 Å². The number of amides is 1. The maximum Gasteiger partial charge on any atom is 0.408 e. The zero-order chi connectivity index (χ0) is 17.7. The van der Waals surface area contributed by atoms with Gasteiger partial charge in [-0.2, -0.15) is 0 Å². The maximum absolute atomic E-state index is 11.8. The Kier molecular flexibility index (Phi) is 5.70. The predicted molar refractivity (Wildman–Crippen MR) is 89.2 cm³/mol. The highest BCUT2D eigenvalue weighted by Gasteiger charge is 2.26. The Morgan fingerprint density at radius 2 is 1.96 bits per heavy atom. The zero-order valence-corrected chi connectivity index (χ0v) is 14.4. The van der Waals surface area contributed by atoms with E-state index in [2.05, 4.69) is 5.32 Å². The van der Waals surface area contributed by atoms with Crippen molar-refractivity contribution in [2.24, 2.45) is 5.92 Å². The second-order valence-corrected chi connectivity index (χ2v) is 7.10. The molecule has 0 heterocycles. The number of hydrogen-bond acceptors (Lipinski definition) is 4. The van der Waals surface area contributed by atoms with Crippen molar-refractivity contribution in [2.75, 3.05) is 6.61 Å². The zero-order valence-electron chi connectivity index (χ0n) is 14.4. The van der Waals surface area contributed by atoms with Crippen LogP contribution in [0.3, 0.4) is 0 Å². The Labute approximate surface area is 142 Å². The minimum Gasteiger partial charge on any atom is -0.493 e. The molecule has 6 nitrogen and oxygen atoms in total. The van der Waals surface area contributed by atoms with E-state index in [9.17, 15) is 14.7 Å². The molecule has 1 aromatic rings. The first-order chi connectivity index (χ1) is 11.2. The second-order valence-electron chi connectivity index (χ2n) is 7.10. The number of benzene rings is 1. The molecule has 2 N–H and O–H groups in total. The summed E-state index contributed by atoms with van der Waals surface area (Å²) in [7, 11) is 0. The summed E-state index contributed by atoms with van der Waals surface area (Å²) in [5.74, 6) is 0.160. The lowest BCUT2D eigenvalue weighted by Gasteiger charge is -2.22. The normalized spacial score (nSPS) is 15.5. The molecule has 1 amide bonds. The van der Waals surface area contributed by atoms with Gasteiger partial charge in [0.15, 0.2) is 0 Å². The number of nitrogens with one attached hydrogen (secondary N) is 1. The molecule has 0 aromatic heterocycles. The van der Waals surface area contributed by atoms with Crippen LogP contribution in [-0.4, -0.2) is 35.4 Å². The molecule has 2 rings (SSSR count). The van der Waals surface area contributed by atoms with Gasteiger partial charge in [0.25, 0.3) is 0 Å². The largest absolute Gasteiger partial charge is 0.493 e. The third-order valence-corrected chi connectivity index (χ3v) is 3.56. The van der Waals surface area contributed by atoms with Gasteiger partial charge in [0, 0.05) is 6.42 Å². The van der Waals surface area contributed by atoms with E-state index < -0.39 is 23.7 Å². The Morgan fingerprint density at radius 1 is 1.29 bits per heavy atom. The standard InChI is InChI=1S/C18H25NO5/c1-18(2,3)24-17(22)19-14(16(20)21)10-13-6-4-5-7-15(13)23-11-12-8-9-12/h4-7,12,14H,8-11H2,1-3H3,(H,19,22)(H,20,21)/t14-/m1/s1. The second kappa shape index (κ2) is 7.55. The lowest BCUT2D eigenvalue weighted by atomic mass is 10.0. The van der Waals surface area contributed by atoms with Gasteiger partial charge in [-0.25, -0.2) is 9.59 Å². The number of carboxylic acids is 1. The monoisotopic (exact) mass is 335 g/mol. The summed E-state index contributed by atoms with van der Waals surface area (Å²) in [5.41, 5.74) is 0.0694. The van der Waals surface area contributed by atoms with Crippen molar-refractivity contribution in [1.82, 2.24) is 5.32 Å². The van der Waals surface area contributed by atoms with E-state index in [1.165, 1.54) is 12.8 Å². The summed E-state index contributed by atoms with van der Waals surface area (Å²) in [6, 6.07) is 6.23. The highest BCUT2D eigenvalue weighted by molar-refractivity contribution is 5.80. The fourth-order valence-electron chi connectivity index (χ4n) is 2.18. The van der Waals surface area contributed by atoms with Crippen molar-refractivity contribution in [3.05, 3.63) is 29.8 Å². The number of rotatable bonds is 7. The molecule has 1 saturated carbocycles. The average molecular weight is 335 g/mol. The van der Waals surface area contributed by atoms with Crippen LogP contribution in [0.4, 0.5) is 4.79 Å². The summed E-state index contributed by atoms with van der Waals surface area (Å²) < 4.78 is 10.9. The SMILES string of the molecule is CC(C)(C)OC(=O)N[C@H](Cc1ccccc1OCC1CC1)C(=O)O. The number of alkyl carbamates (subject to hydrolysis) is 1. The molecule has 1 aliphatic rings. The van der Waals surface area contributed by atoms with E-state index >= 15 is 0 Å². The van der Waals surface area contributed by atoms with E-state index in [1.807, 2.05) is 24.3 Å². The van der Waals surface area contributed by atoms with Crippen molar-refractivity contribution in [2.45, 2.75) is 51.7 Å². The Balaban J connectivity index is 2.01. The van der Waals surface area contributed by atoms with Gasteiger partial charge in [-0.1, -0.05) is 18.2 Å². The molecule has 1 aliphatic carbocycles. The van der Waals surface area contributed by atoms with Crippen LogP contribution < -0.4 is 10.1 Å². The van der Waals surface area contributed by atoms with Gasteiger partial charge in [0.2, 0.25) is 0 Å². The molecular formula is C18H25NO5. The fraction of sp³-hybridized carbons (Fsp3) is 0.556. The summed E-state index contributed by atoms with van der Waals surface area (Å²) in [6.45, 7) is 5.82. The highest BCUT2D eigenvalue weighted by atomic mass is 16.6. The first-order valence-electron chi connectivity index (χ1n) is 8.17. The minimum absolute atomic E-state index is 0.134. The molecule has 0 radical (unpaired) electrons. The lowest BCUT2D eigenvalue weighted by Crippen LogP contribution is -2.44. The van der Waals surface area contributed by atoms with Crippen LogP contribution in [0.1, 0.15) is 39.2 Å². The van der Waals surface area contributed by atoms with Gasteiger partial charge < -0.3 is 19.9 Å². The number of aliphatic carboxylic acids is 1. The predicted octanol–water partition coefficient (Wildman–Crippen LogP) is 3.00. The van der Waals surface area contributed by atoms with Crippen molar-refractivity contribution in [3.63, 3.8) is 0 Å². The molecule has 1 atom stereocenters. The average Bonchev–Trinajstić information content (AvgIpc) is 3.27. The molecule has 0 bridgehead atoms. The molecule has 1 fully saturated rings. The van der Waals surface area contributed by atoms with E-state index in [0.717, 1.165) is 5.56 Å². The van der Waals surface area contributed by atoms with Gasteiger partial charge in [-0.05, 0) is 51.2 Å². The first-order valence-corrected chi connectivity index (χ1v) is 8.17. The number of carboxylic acid groups (broad SMARTS) is 1. The van der Waals surface area contributed by atoms with Crippen LogP contribution in [0.15, 0.2) is 24.3 Å². The number of hydrogen-bond donors (Lipinski definition) is 2. The van der Waals surface area contributed by atoms with Crippen LogP contribution in [0, 0.1) is 5.92 Å². The van der Waals surface area contributed by atoms with Gasteiger partial charge in [-0.15, -0.1) is 0 Å². The van der Waals surface area contributed by atoms with Crippen LogP contribution in [-0.2, 0) is 16.0 Å². The van der Waals surface area contributed by atoms with Crippen molar-refractivity contribution < 1.29 is 24.2 Å². The molecule has 0 saturated heterocycles. The molecule has 0 unspecified atom stereocenters. The molecule has 132 valence electrons. The molecule has 1 aromatic carbocycles. The van der Waals surface area contributed by atoms with Crippen LogP contribution in [0.5, 0.6) is 5.75 Å². The van der Waals surface area contributed by atoms with E-state index in [4.69, 9.17) is 9.47 Å². The molecule has 6 heteroatoms. The summed E-state index contributed by atoms with van der Waals surface area (Å²) >= 11 is 0. The van der Waals surface area contributed by atoms with Crippen LogP contribution >= 0.6 is 0 Å². The maximum atomic E-state index is 11.8. The first kappa shape index (κ1) is 18.1. The van der Waals surface area contributed by atoms with Gasteiger partial charge in [0.05, 0.1) is 6.61 Å². The Morgan fingerprint density at radius 3 is 2.54 bits per heavy atom. The third-order valence-electron chi connectivity index (χ3n) is 3.56. The quantitative estimate of drug-likeness (QED) is 0.800. The number of carbonyl (C=O) groups is 2. The molecule has 0 spiro atoms. The Bertz CT molecular complexity index is 589. The Hall–Kier alpha value is -2.24. The van der Waals surface area contributed by atoms with Crippen LogP contribution in [0.2, 0.25) is 0 Å². The smallest absolute Gasteiger partial charge is 0.408 e. The number of carbonyl (C=O) groups excluding carboxylic acids is 1. The van der Waals surface area contributed by atoms with Crippen molar-refractivity contribution >= 4 is 12.1 Å². The van der Waals surface area contributed by atoms with Gasteiger partial charge in [-0.3, -0.25) is 0 Å².